The molecule has 192 valence electrons. The number of aromatic nitrogens is 1. The molecular formula is C29H32N4O4. The predicted octanol–water partition coefficient (Wildman–Crippen LogP) is 5.45. The molecule has 37 heavy (non-hydrogen) atoms. The van der Waals surface area contributed by atoms with Gasteiger partial charge in [0, 0.05) is 54.3 Å². The van der Waals surface area contributed by atoms with Crippen molar-refractivity contribution in [1.82, 2.24) is 9.88 Å². The summed E-state index contributed by atoms with van der Waals surface area (Å²) in [5.74, 6) is 0.304. The molecule has 2 aromatic carbocycles. The van der Waals surface area contributed by atoms with E-state index in [0.717, 1.165) is 41.9 Å². The van der Waals surface area contributed by atoms with Gasteiger partial charge in [-0.15, -0.1) is 0 Å². The summed E-state index contributed by atoms with van der Waals surface area (Å²) in [7, 11) is 0. The highest BCUT2D eigenvalue weighted by atomic mass is 16.6. The van der Waals surface area contributed by atoms with Crippen molar-refractivity contribution in [2.45, 2.75) is 51.9 Å². The minimum Gasteiger partial charge on any atom is -0.339 e. The van der Waals surface area contributed by atoms with Gasteiger partial charge >= 0.3 is 0 Å². The lowest BCUT2D eigenvalue weighted by Gasteiger charge is -2.32. The van der Waals surface area contributed by atoms with Gasteiger partial charge in [-0.1, -0.05) is 31.2 Å². The molecule has 1 fully saturated rings. The second kappa shape index (κ2) is 11.8. The lowest BCUT2D eigenvalue weighted by atomic mass is 9.89. The van der Waals surface area contributed by atoms with Gasteiger partial charge in [0.15, 0.2) is 0 Å². The van der Waals surface area contributed by atoms with Crippen molar-refractivity contribution in [2.75, 3.05) is 18.4 Å². The van der Waals surface area contributed by atoms with Gasteiger partial charge in [-0.3, -0.25) is 24.7 Å². The average Bonchev–Trinajstić information content (AvgIpc) is 2.92. The van der Waals surface area contributed by atoms with E-state index in [2.05, 4.69) is 10.3 Å². The van der Waals surface area contributed by atoms with E-state index in [1.807, 2.05) is 55.1 Å². The number of nitrogens with one attached hydrogen (secondary N) is 1. The van der Waals surface area contributed by atoms with Crippen LogP contribution in [0.15, 0.2) is 60.7 Å². The molecule has 2 amide bonds. The quantitative estimate of drug-likeness (QED) is 0.327. The monoisotopic (exact) mass is 500 g/mol. The molecule has 1 aromatic heterocycles. The van der Waals surface area contributed by atoms with Crippen LogP contribution in [-0.2, 0) is 17.6 Å². The van der Waals surface area contributed by atoms with Crippen molar-refractivity contribution >= 4 is 23.2 Å². The number of carbonyl (C=O) groups excluding carboxylic acids is 2. The van der Waals surface area contributed by atoms with Gasteiger partial charge in [-0.25, -0.2) is 0 Å². The number of anilines is 1. The second-order valence-corrected chi connectivity index (χ2v) is 9.51. The number of hydrogen-bond acceptors (Lipinski definition) is 5. The van der Waals surface area contributed by atoms with Crippen molar-refractivity contribution in [3.05, 3.63) is 98.9 Å². The summed E-state index contributed by atoms with van der Waals surface area (Å²) in [5, 5.41) is 13.8. The summed E-state index contributed by atoms with van der Waals surface area (Å²) in [6.07, 6.45) is 3.27. The van der Waals surface area contributed by atoms with Crippen molar-refractivity contribution in [2.24, 2.45) is 0 Å². The number of rotatable bonds is 8. The molecule has 0 atom stereocenters. The molecule has 8 heteroatoms. The molecule has 1 aliphatic rings. The lowest BCUT2D eigenvalue weighted by Crippen LogP contribution is -2.38. The molecule has 0 saturated carbocycles. The van der Waals surface area contributed by atoms with Gasteiger partial charge in [-0.2, -0.15) is 0 Å². The first-order valence-electron chi connectivity index (χ1n) is 12.7. The molecule has 1 aliphatic heterocycles. The van der Waals surface area contributed by atoms with Crippen LogP contribution in [0.1, 0.15) is 65.0 Å². The number of nitrogens with zero attached hydrogens (tertiary/aromatic N) is 3. The molecule has 3 aromatic rings. The fourth-order valence-electron chi connectivity index (χ4n) is 4.79. The zero-order valence-corrected chi connectivity index (χ0v) is 21.3. The third kappa shape index (κ3) is 6.78. The molecule has 0 bridgehead atoms. The maximum Gasteiger partial charge on any atom is 0.269 e. The first-order valence-corrected chi connectivity index (χ1v) is 12.7. The smallest absolute Gasteiger partial charge is 0.269 e. The zero-order chi connectivity index (χ0) is 26.4. The largest absolute Gasteiger partial charge is 0.339 e. The van der Waals surface area contributed by atoms with Crippen LogP contribution in [0.4, 0.5) is 11.4 Å². The zero-order valence-electron chi connectivity index (χ0n) is 21.3. The van der Waals surface area contributed by atoms with Gasteiger partial charge in [0.05, 0.1) is 4.92 Å². The minimum atomic E-state index is -0.434. The summed E-state index contributed by atoms with van der Waals surface area (Å²) < 4.78 is 0. The Kier molecular flexibility index (Phi) is 8.28. The van der Waals surface area contributed by atoms with E-state index < -0.39 is 4.92 Å². The molecule has 2 heterocycles. The van der Waals surface area contributed by atoms with Gasteiger partial charge in [0.1, 0.15) is 0 Å². The van der Waals surface area contributed by atoms with E-state index in [1.54, 1.807) is 12.1 Å². The lowest BCUT2D eigenvalue weighted by molar-refractivity contribution is -0.384. The van der Waals surface area contributed by atoms with Crippen LogP contribution in [0.3, 0.4) is 0 Å². The van der Waals surface area contributed by atoms with Crippen LogP contribution < -0.4 is 5.32 Å². The van der Waals surface area contributed by atoms with E-state index >= 15 is 0 Å². The summed E-state index contributed by atoms with van der Waals surface area (Å²) in [4.78, 5) is 42.3. The molecule has 0 radical (unpaired) electrons. The molecule has 4 rings (SSSR count). The van der Waals surface area contributed by atoms with Crippen LogP contribution in [0.25, 0.3) is 0 Å². The second-order valence-electron chi connectivity index (χ2n) is 9.51. The van der Waals surface area contributed by atoms with Crippen LogP contribution in [0.5, 0.6) is 0 Å². The highest BCUT2D eigenvalue weighted by Gasteiger charge is 2.25. The van der Waals surface area contributed by atoms with E-state index in [4.69, 9.17) is 0 Å². The number of non-ortho nitro benzene ring substituents is 1. The van der Waals surface area contributed by atoms with E-state index in [9.17, 15) is 19.7 Å². The maximum atomic E-state index is 13.0. The first kappa shape index (κ1) is 26.0. The number of nitro groups is 1. The van der Waals surface area contributed by atoms with Gasteiger partial charge in [0.2, 0.25) is 5.91 Å². The van der Waals surface area contributed by atoms with Gasteiger partial charge in [0.25, 0.3) is 11.6 Å². The van der Waals surface area contributed by atoms with Gasteiger partial charge in [-0.05, 0) is 73.9 Å². The van der Waals surface area contributed by atoms with E-state index in [1.165, 1.54) is 17.7 Å². The predicted molar refractivity (Wildman–Crippen MR) is 143 cm³/mol. The Morgan fingerprint density at radius 3 is 2.49 bits per heavy atom. The van der Waals surface area contributed by atoms with Crippen molar-refractivity contribution in [3.8, 4) is 0 Å². The Labute approximate surface area is 216 Å². The Bertz CT molecular complexity index is 1280. The van der Waals surface area contributed by atoms with E-state index in [0.29, 0.717) is 31.0 Å². The third-order valence-electron chi connectivity index (χ3n) is 6.83. The number of likely N-dealkylation sites (tertiary alicyclic amines) is 1. The molecule has 1 saturated heterocycles. The van der Waals surface area contributed by atoms with Crippen LogP contribution in [0, 0.1) is 17.0 Å². The number of aryl methyl sites for hydroxylation is 3. The normalized spacial score (nSPS) is 13.8. The number of amides is 2. The van der Waals surface area contributed by atoms with Crippen LogP contribution in [-0.4, -0.2) is 39.7 Å². The number of pyridine rings is 1. The van der Waals surface area contributed by atoms with E-state index in [-0.39, 0.29) is 23.9 Å². The SMILES string of the molecule is CCc1cc(C(=O)N2CCC(c3ccc(NC(=O)CCc4cccc([N+](=O)[O-])c4)cc3)CC2)cc(C)n1. The summed E-state index contributed by atoms with van der Waals surface area (Å²) >= 11 is 0. The average molecular weight is 501 g/mol. The number of benzene rings is 2. The molecule has 8 nitrogen and oxygen atoms in total. The Balaban J connectivity index is 1.27. The van der Waals surface area contributed by atoms with Crippen LogP contribution in [0.2, 0.25) is 0 Å². The Morgan fingerprint density at radius 1 is 1.08 bits per heavy atom. The van der Waals surface area contributed by atoms with Crippen LogP contribution >= 0.6 is 0 Å². The molecule has 0 aliphatic carbocycles. The number of hydrogen-bond donors (Lipinski definition) is 1. The summed E-state index contributed by atoms with van der Waals surface area (Å²) in [6, 6.07) is 18.0. The maximum absolute atomic E-state index is 13.0. The standard InChI is InChI=1S/C29H32N4O4/c1-3-25-19-24(17-20(2)30-25)29(35)32-15-13-23(14-16-32)22-8-10-26(11-9-22)31-28(34)12-7-21-5-4-6-27(18-21)33(36)37/h4-6,8-11,17-19,23H,3,7,12-16H2,1-2H3,(H,31,34). The number of piperidine rings is 1. The Morgan fingerprint density at radius 2 is 1.81 bits per heavy atom. The van der Waals surface area contributed by atoms with Crippen molar-refractivity contribution < 1.29 is 14.5 Å². The molecule has 0 spiro atoms. The topological polar surface area (TPSA) is 105 Å². The third-order valence-corrected chi connectivity index (χ3v) is 6.83. The summed E-state index contributed by atoms with van der Waals surface area (Å²) in [5.41, 5.74) is 5.24. The first-order chi connectivity index (χ1) is 17.8. The fraction of sp³-hybridized carbons (Fsp3) is 0.345. The summed E-state index contributed by atoms with van der Waals surface area (Å²) in [6.45, 7) is 5.38. The van der Waals surface area contributed by atoms with Gasteiger partial charge < -0.3 is 10.2 Å². The number of carbonyl (C=O) groups is 2. The van der Waals surface area contributed by atoms with Crippen molar-refractivity contribution in [3.63, 3.8) is 0 Å². The minimum absolute atomic E-state index is 0.0294. The molecule has 1 N–H and O–H groups in total. The Hall–Kier alpha value is -4.07. The number of nitro benzene ring substituents is 1. The highest BCUT2D eigenvalue weighted by Crippen LogP contribution is 2.29. The van der Waals surface area contributed by atoms with Crippen molar-refractivity contribution in [1.29, 1.82) is 0 Å². The molecule has 0 unspecified atom stereocenters. The highest BCUT2D eigenvalue weighted by molar-refractivity contribution is 5.94. The fourth-order valence-corrected chi connectivity index (χ4v) is 4.79. The molecular weight excluding hydrogens is 468 g/mol.